The van der Waals surface area contributed by atoms with Gasteiger partial charge in [0.25, 0.3) is 0 Å². The second-order valence-corrected chi connectivity index (χ2v) is 8.12. The fourth-order valence-electron chi connectivity index (χ4n) is 2.08. The predicted octanol–water partition coefficient (Wildman–Crippen LogP) is 6.50. The molecule has 0 bridgehead atoms. The molecule has 1 atom stereocenters. The van der Waals surface area contributed by atoms with Crippen molar-refractivity contribution in [2.45, 2.75) is 54.9 Å². The molecule has 0 heterocycles. The summed E-state index contributed by atoms with van der Waals surface area (Å²) < 4.78 is 1.13. The Bertz CT molecular complexity index is 332. The number of halogens is 1. The van der Waals surface area contributed by atoms with Gasteiger partial charge in [0.15, 0.2) is 0 Å². The molecular weight excluding hydrogens is 284 g/mol. The standard InChI is InChI=1S/C17H29Br/c1-9-13(11-14(18)10-2)15(17(6,7)8)12-16(3,4)5/h9-11,15H,1,12H2,2-8H3. The maximum atomic E-state index is 4.00. The van der Waals surface area contributed by atoms with E-state index in [4.69, 9.17) is 0 Å². The van der Waals surface area contributed by atoms with Gasteiger partial charge in [-0.05, 0) is 41.7 Å². The minimum absolute atomic E-state index is 0.244. The molecule has 0 rings (SSSR count). The van der Waals surface area contributed by atoms with Gasteiger partial charge in [-0.2, -0.15) is 0 Å². The maximum Gasteiger partial charge on any atom is 0.0135 e. The van der Waals surface area contributed by atoms with E-state index in [1.807, 2.05) is 13.0 Å². The van der Waals surface area contributed by atoms with Crippen molar-refractivity contribution >= 4 is 15.9 Å². The molecule has 0 nitrogen and oxygen atoms in total. The van der Waals surface area contributed by atoms with E-state index >= 15 is 0 Å². The van der Waals surface area contributed by atoms with Crippen LogP contribution in [0.2, 0.25) is 0 Å². The Morgan fingerprint density at radius 3 is 1.94 bits per heavy atom. The second-order valence-electron chi connectivity index (χ2n) is 7.21. The predicted molar refractivity (Wildman–Crippen MR) is 88.0 cm³/mol. The zero-order valence-corrected chi connectivity index (χ0v) is 14.7. The highest BCUT2D eigenvalue weighted by atomic mass is 79.9. The molecule has 0 N–H and O–H groups in total. The monoisotopic (exact) mass is 312 g/mol. The number of hydrogen-bond donors (Lipinski definition) is 0. The van der Waals surface area contributed by atoms with Gasteiger partial charge in [0, 0.05) is 4.48 Å². The molecule has 0 saturated heterocycles. The molecule has 0 aliphatic carbocycles. The van der Waals surface area contributed by atoms with E-state index in [-0.39, 0.29) is 5.41 Å². The average Bonchev–Trinajstić information content (AvgIpc) is 2.19. The summed E-state index contributed by atoms with van der Waals surface area (Å²) in [5, 5.41) is 0. The van der Waals surface area contributed by atoms with Crippen LogP contribution < -0.4 is 0 Å². The summed E-state index contributed by atoms with van der Waals surface area (Å²) in [5.74, 6) is 0.516. The van der Waals surface area contributed by atoms with Crippen LogP contribution in [0.1, 0.15) is 54.9 Å². The van der Waals surface area contributed by atoms with Crippen molar-refractivity contribution in [3.05, 3.63) is 34.9 Å². The number of hydrogen-bond acceptors (Lipinski definition) is 0. The average molecular weight is 313 g/mol. The van der Waals surface area contributed by atoms with Crippen LogP contribution in [-0.4, -0.2) is 0 Å². The van der Waals surface area contributed by atoms with E-state index in [0.717, 1.165) is 4.48 Å². The van der Waals surface area contributed by atoms with Gasteiger partial charge in [-0.3, -0.25) is 0 Å². The normalized spacial score (nSPS) is 16.7. The van der Waals surface area contributed by atoms with E-state index in [2.05, 4.69) is 76.2 Å². The van der Waals surface area contributed by atoms with Gasteiger partial charge in [-0.25, -0.2) is 0 Å². The summed E-state index contributed by atoms with van der Waals surface area (Å²) in [5.41, 5.74) is 1.89. The van der Waals surface area contributed by atoms with E-state index in [0.29, 0.717) is 11.3 Å². The smallest absolute Gasteiger partial charge is 0.0135 e. The van der Waals surface area contributed by atoms with Gasteiger partial charge in [0.2, 0.25) is 0 Å². The van der Waals surface area contributed by atoms with Crippen molar-refractivity contribution in [1.29, 1.82) is 0 Å². The van der Waals surface area contributed by atoms with Gasteiger partial charge in [0.05, 0.1) is 0 Å². The Labute approximate surface area is 122 Å². The molecule has 0 aliphatic rings. The lowest BCUT2D eigenvalue weighted by atomic mass is 9.68. The molecule has 18 heavy (non-hydrogen) atoms. The molecule has 1 unspecified atom stereocenters. The Hall–Kier alpha value is -0.300. The van der Waals surface area contributed by atoms with Crippen molar-refractivity contribution < 1.29 is 0 Å². The first kappa shape index (κ1) is 17.7. The van der Waals surface area contributed by atoms with Gasteiger partial charge in [-0.15, -0.1) is 0 Å². The largest absolute Gasteiger partial charge is 0.0988 e. The Morgan fingerprint density at radius 2 is 1.67 bits per heavy atom. The van der Waals surface area contributed by atoms with Crippen LogP contribution >= 0.6 is 15.9 Å². The molecule has 0 aromatic rings. The number of allylic oxidation sites excluding steroid dienone is 5. The van der Waals surface area contributed by atoms with Crippen LogP contribution in [0.15, 0.2) is 34.9 Å². The van der Waals surface area contributed by atoms with Gasteiger partial charge >= 0.3 is 0 Å². The molecule has 0 spiro atoms. The van der Waals surface area contributed by atoms with E-state index in [1.165, 1.54) is 12.0 Å². The summed E-state index contributed by atoms with van der Waals surface area (Å²) in [6.45, 7) is 19.9. The molecule has 0 radical (unpaired) electrons. The van der Waals surface area contributed by atoms with Crippen molar-refractivity contribution in [2.75, 3.05) is 0 Å². The van der Waals surface area contributed by atoms with Crippen LogP contribution in [0.25, 0.3) is 0 Å². The summed E-state index contributed by atoms with van der Waals surface area (Å²) >= 11 is 3.57. The third kappa shape index (κ3) is 6.58. The fraction of sp³-hybridized carbons (Fsp3) is 0.647. The Kier molecular flexibility index (Phi) is 6.63. The first-order valence-electron chi connectivity index (χ1n) is 6.67. The minimum atomic E-state index is 0.244. The van der Waals surface area contributed by atoms with Crippen LogP contribution in [0.5, 0.6) is 0 Å². The zero-order chi connectivity index (χ0) is 14.6. The number of rotatable bonds is 4. The van der Waals surface area contributed by atoms with Crippen LogP contribution in [-0.2, 0) is 0 Å². The highest BCUT2D eigenvalue weighted by molar-refractivity contribution is 9.11. The topological polar surface area (TPSA) is 0 Å². The SMILES string of the molecule is C=CC(=CC(Br)=CC)C(CC(C)(C)C)C(C)(C)C. The Morgan fingerprint density at radius 1 is 1.17 bits per heavy atom. The van der Waals surface area contributed by atoms with Crippen LogP contribution in [0.4, 0.5) is 0 Å². The molecule has 0 saturated carbocycles. The third-order valence-corrected chi connectivity index (χ3v) is 3.77. The lowest BCUT2D eigenvalue weighted by Crippen LogP contribution is -2.26. The molecule has 0 aliphatic heterocycles. The molecule has 0 aromatic carbocycles. The van der Waals surface area contributed by atoms with Gasteiger partial charge in [-0.1, -0.05) is 76.2 Å². The molecular formula is C17H29Br. The minimum Gasteiger partial charge on any atom is -0.0988 e. The van der Waals surface area contributed by atoms with Crippen molar-refractivity contribution in [3.63, 3.8) is 0 Å². The highest BCUT2D eigenvalue weighted by Crippen LogP contribution is 2.41. The summed E-state index contributed by atoms with van der Waals surface area (Å²) in [7, 11) is 0. The van der Waals surface area contributed by atoms with E-state index in [1.54, 1.807) is 0 Å². The third-order valence-electron chi connectivity index (χ3n) is 3.08. The first-order valence-corrected chi connectivity index (χ1v) is 7.46. The summed E-state index contributed by atoms with van der Waals surface area (Å²) in [6, 6.07) is 0. The molecule has 0 aromatic heterocycles. The molecule has 104 valence electrons. The maximum absolute atomic E-state index is 4.00. The molecule has 0 amide bonds. The van der Waals surface area contributed by atoms with E-state index in [9.17, 15) is 0 Å². The van der Waals surface area contributed by atoms with Gasteiger partial charge < -0.3 is 0 Å². The van der Waals surface area contributed by atoms with E-state index < -0.39 is 0 Å². The lowest BCUT2D eigenvalue weighted by molar-refractivity contribution is 0.199. The Balaban J connectivity index is 5.43. The first-order chi connectivity index (χ1) is 8.01. The second kappa shape index (κ2) is 6.75. The van der Waals surface area contributed by atoms with Crippen molar-refractivity contribution in [2.24, 2.45) is 16.7 Å². The molecule has 0 fully saturated rings. The van der Waals surface area contributed by atoms with Crippen molar-refractivity contribution in [3.8, 4) is 0 Å². The van der Waals surface area contributed by atoms with Gasteiger partial charge in [0.1, 0.15) is 0 Å². The van der Waals surface area contributed by atoms with Crippen LogP contribution in [0, 0.1) is 16.7 Å². The van der Waals surface area contributed by atoms with Crippen LogP contribution in [0.3, 0.4) is 0 Å². The lowest BCUT2D eigenvalue weighted by Gasteiger charge is -2.36. The summed E-state index contributed by atoms with van der Waals surface area (Å²) in [4.78, 5) is 0. The zero-order valence-electron chi connectivity index (χ0n) is 13.1. The fourth-order valence-corrected chi connectivity index (χ4v) is 2.35. The summed E-state index contributed by atoms with van der Waals surface area (Å²) in [6.07, 6.45) is 7.44. The van der Waals surface area contributed by atoms with Crippen molar-refractivity contribution in [1.82, 2.24) is 0 Å². The quantitative estimate of drug-likeness (QED) is 0.520. The molecule has 1 heteroatoms. The highest BCUT2D eigenvalue weighted by Gasteiger charge is 2.30.